The molecule has 2 rings (SSSR count). The highest BCUT2D eigenvalue weighted by Gasteiger charge is 2.18. The Bertz CT molecular complexity index is 575. The molecule has 0 saturated carbocycles. The first-order valence-electron chi connectivity index (χ1n) is 6.08. The number of amidine groups is 1. The molecule has 20 heavy (non-hydrogen) atoms. The van der Waals surface area contributed by atoms with Crippen LogP contribution in [0.15, 0.2) is 34.3 Å². The number of thioether (sulfide) groups is 1. The molecular formula is C13H14BrN3O2S. The number of rotatable bonds is 4. The lowest BCUT2D eigenvalue weighted by Gasteiger charge is -2.15. The van der Waals surface area contributed by atoms with Crippen LogP contribution in [0.25, 0.3) is 0 Å². The summed E-state index contributed by atoms with van der Waals surface area (Å²) in [4.78, 5) is 19.0. The second-order valence-corrected chi connectivity index (χ2v) is 5.87. The van der Waals surface area contributed by atoms with Crippen molar-refractivity contribution in [3.05, 3.63) is 44.9 Å². The maximum Gasteiger partial charge on any atom is 0.269 e. The van der Waals surface area contributed by atoms with Crippen LogP contribution in [0.5, 0.6) is 0 Å². The molecule has 1 aliphatic rings. The smallest absolute Gasteiger partial charge is 0.269 e. The summed E-state index contributed by atoms with van der Waals surface area (Å²) < 4.78 is 0. The molecule has 0 atom stereocenters. The molecule has 1 saturated heterocycles. The highest BCUT2D eigenvalue weighted by molar-refractivity contribution is 9.11. The standard InChI is InChI=1S/C13H14BrN3O2S/c1-10-9-11(17(18)19)3-4-12(10)15-13-16(6-2-5-14)7-8-20-13/h2-5,9H,6-8H2,1H3/b5-2+,15-13?. The number of benzene rings is 1. The number of aryl methyl sites for hydroxylation is 1. The van der Waals surface area contributed by atoms with Crippen molar-refractivity contribution in [2.75, 3.05) is 18.8 Å². The molecule has 106 valence electrons. The van der Waals surface area contributed by atoms with Crippen LogP contribution in [0.4, 0.5) is 11.4 Å². The van der Waals surface area contributed by atoms with E-state index < -0.39 is 0 Å². The van der Waals surface area contributed by atoms with E-state index in [0.29, 0.717) is 0 Å². The van der Waals surface area contributed by atoms with Gasteiger partial charge in [-0.05, 0) is 23.5 Å². The summed E-state index contributed by atoms with van der Waals surface area (Å²) in [6, 6.07) is 4.76. The summed E-state index contributed by atoms with van der Waals surface area (Å²) in [6.45, 7) is 3.62. The average Bonchev–Trinajstić information content (AvgIpc) is 2.85. The number of nitro groups is 1. The van der Waals surface area contributed by atoms with Crippen molar-refractivity contribution < 1.29 is 4.92 Å². The van der Waals surface area contributed by atoms with Crippen molar-refractivity contribution in [3.8, 4) is 0 Å². The molecule has 1 aliphatic heterocycles. The van der Waals surface area contributed by atoms with Gasteiger partial charge in [0.05, 0.1) is 10.6 Å². The van der Waals surface area contributed by atoms with Crippen LogP contribution in [0, 0.1) is 17.0 Å². The fraction of sp³-hybridized carbons (Fsp3) is 0.308. The minimum Gasteiger partial charge on any atom is -0.347 e. The van der Waals surface area contributed by atoms with E-state index in [1.54, 1.807) is 23.9 Å². The van der Waals surface area contributed by atoms with Gasteiger partial charge >= 0.3 is 0 Å². The number of nitro benzene ring substituents is 1. The Balaban J connectivity index is 2.23. The molecule has 0 bridgehead atoms. The normalized spacial score (nSPS) is 17.3. The summed E-state index contributed by atoms with van der Waals surface area (Å²) in [5.74, 6) is 1.01. The summed E-state index contributed by atoms with van der Waals surface area (Å²) in [7, 11) is 0. The Morgan fingerprint density at radius 3 is 3.05 bits per heavy atom. The number of non-ortho nitro benzene ring substituents is 1. The third-order valence-corrected chi connectivity index (χ3v) is 4.25. The van der Waals surface area contributed by atoms with Crippen LogP contribution in [-0.4, -0.2) is 33.8 Å². The second kappa shape index (κ2) is 6.90. The number of nitrogens with zero attached hydrogens (tertiary/aromatic N) is 3. The Morgan fingerprint density at radius 1 is 1.60 bits per heavy atom. The molecule has 0 aliphatic carbocycles. The monoisotopic (exact) mass is 355 g/mol. The summed E-state index contributed by atoms with van der Waals surface area (Å²) in [6.07, 6.45) is 2.02. The van der Waals surface area contributed by atoms with Crippen molar-refractivity contribution in [1.29, 1.82) is 0 Å². The molecular weight excluding hydrogens is 342 g/mol. The summed E-state index contributed by atoms with van der Waals surface area (Å²) in [5.41, 5.74) is 1.70. The minimum atomic E-state index is -0.388. The highest BCUT2D eigenvalue weighted by Crippen LogP contribution is 2.27. The van der Waals surface area contributed by atoms with Crippen LogP contribution in [0.2, 0.25) is 0 Å². The molecule has 0 amide bonds. The van der Waals surface area contributed by atoms with Crippen LogP contribution < -0.4 is 0 Å². The molecule has 1 heterocycles. The number of aliphatic imine (C=N–C) groups is 1. The van der Waals surface area contributed by atoms with E-state index >= 15 is 0 Å². The van der Waals surface area contributed by atoms with Crippen molar-refractivity contribution in [2.45, 2.75) is 6.92 Å². The van der Waals surface area contributed by atoms with E-state index in [2.05, 4.69) is 25.8 Å². The molecule has 1 fully saturated rings. The van der Waals surface area contributed by atoms with Gasteiger partial charge in [0.15, 0.2) is 5.17 Å². The zero-order valence-electron chi connectivity index (χ0n) is 11.0. The Labute approximate surface area is 130 Å². The first-order valence-corrected chi connectivity index (χ1v) is 7.98. The topological polar surface area (TPSA) is 58.7 Å². The van der Waals surface area contributed by atoms with Crippen LogP contribution >= 0.6 is 27.7 Å². The molecule has 0 radical (unpaired) electrons. The molecule has 7 heteroatoms. The fourth-order valence-electron chi connectivity index (χ4n) is 1.86. The van der Waals surface area contributed by atoms with Crippen molar-refractivity contribution in [3.63, 3.8) is 0 Å². The predicted octanol–water partition coefficient (Wildman–Crippen LogP) is 3.85. The zero-order valence-corrected chi connectivity index (χ0v) is 13.4. The molecule has 0 spiro atoms. The third-order valence-electron chi connectivity index (χ3n) is 2.89. The van der Waals surface area contributed by atoms with E-state index in [1.807, 2.05) is 18.0 Å². The van der Waals surface area contributed by atoms with Gasteiger partial charge in [0.1, 0.15) is 0 Å². The minimum absolute atomic E-state index is 0.101. The number of hydrogen-bond acceptors (Lipinski definition) is 4. The zero-order chi connectivity index (χ0) is 14.5. The lowest BCUT2D eigenvalue weighted by Crippen LogP contribution is -2.24. The van der Waals surface area contributed by atoms with E-state index in [0.717, 1.165) is 35.3 Å². The van der Waals surface area contributed by atoms with E-state index in [1.165, 1.54) is 6.07 Å². The van der Waals surface area contributed by atoms with E-state index in [-0.39, 0.29) is 10.6 Å². The van der Waals surface area contributed by atoms with Crippen LogP contribution in [0.3, 0.4) is 0 Å². The Hall–Kier alpha value is -1.34. The molecule has 1 aromatic rings. The van der Waals surface area contributed by atoms with Gasteiger partial charge in [0.2, 0.25) is 0 Å². The van der Waals surface area contributed by atoms with Gasteiger partial charge < -0.3 is 4.90 Å². The molecule has 0 unspecified atom stereocenters. The number of halogens is 1. The first-order chi connectivity index (χ1) is 9.61. The van der Waals surface area contributed by atoms with Gasteiger partial charge in [0, 0.05) is 31.0 Å². The van der Waals surface area contributed by atoms with Crippen molar-refractivity contribution in [2.24, 2.45) is 4.99 Å². The van der Waals surface area contributed by atoms with Gasteiger partial charge in [-0.25, -0.2) is 4.99 Å². The summed E-state index contributed by atoms with van der Waals surface area (Å²) in [5, 5.41) is 11.7. The van der Waals surface area contributed by atoms with Gasteiger partial charge in [-0.2, -0.15) is 0 Å². The molecule has 1 aromatic carbocycles. The van der Waals surface area contributed by atoms with Crippen LogP contribution in [0.1, 0.15) is 5.56 Å². The second-order valence-electron chi connectivity index (χ2n) is 4.28. The van der Waals surface area contributed by atoms with Gasteiger partial charge in [-0.3, -0.25) is 10.1 Å². The van der Waals surface area contributed by atoms with Crippen LogP contribution in [-0.2, 0) is 0 Å². The maximum atomic E-state index is 10.7. The highest BCUT2D eigenvalue weighted by atomic mass is 79.9. The van der Waals surface area contributed by atoms with Crippen molar-refractivity contribution >= 4 is 44.2 Å². The fourth-order valence-corrected chi connectivity index (χ4v) is 3.03. The SMILES string of the molecule is Cc1cc([N+](=O)[O-])ccc1N=C1SCCN1C/C=C/Br. The lowest BCUT2D eigenvalue weighted by molar-refractivity contribution is -0.384. The van der Waals surface area contributed by atoms with E-state index in [4.69, 9.17) is 0 Å². The van der Waals surface area contributed by atoms with Gasteiger partial charge in [-0.15, -0.1) is 0 Å². The average molecular weight is 356 g/mol. The maximum absolute atomic E-state index is 10.7. The summed E-state index contributed by atoms with van der Waals surface area (Å²) >= 11 is 4.97. The molecule has 0 aromatic heterocycles. The Morgan fingerprint density at radius 2 is 2.40 bits per heavy atom. The lowest BCUT2D eigenvalue weighted by atomic mass is 10.2. The quantitative estimate of drug-likeness (QED) is 0.607. The number of hydrogen-bond donors (Lipinski definition) is 0. The predicted molar refractivity (Wildman–Crippen MR) is 87.0 cm³/mol. The van der Waals surface area contributed by atoms with Gasteiger partial charge in [-0.1, -0.05) is 33.8 Å². The van der Waals surface area contributed by atoms with E-state index in [9.17, 15) is 10.1 Å². The van der Waals surface area contributed by atoms with Crippen molar-refractivity contribution in [1.82, 2.24) is 4.90 Å². The Kier molecular flexibility index (Phi) is 5.19. The van der Waals surface area contributed by atoms with Gasteiger partial charge in [0.25, 0.3) is 5.69 Å². The first kappa shape index (κ1) is 15.1. The third kappa shape index (κ3) is 3.61. The molecule has 5 nitrogen and oxygen atoms in total. The largest absolute Gasteiger partial charge is 0.347 e. The molecule has 0 N–H and O–H groups in total.